The highest BCUT2D eigenvalue weighted by Gasteiger charge is 2.20. The third-order valence-electron chi connectivity index (χ3n) is 3.65. The Morgan fingerprint density at radius 2 is 1.90 bits per heavy atom. The predicted molar refractivity (Wildman–Crippen MR) is 91.7 cm³/mol. The maximum absolute atomic E-state index is 6.35. The van der Waals surface area contributed by atoms with Gasteiger partial charge in [-0.05, 0) is 48.1 Å². The molecular formula is C17H21BrN2O. The quantitative estimate of drug-likeness (QED) is 0.805. The lowest BCUT2D eigenvalue weighted by molar-refractivity contribution is 0.398. The van der Waals surface area contributed by atoms with Crippen molar-refractivity contribution in [3.8, 4) is 17.0 Å². The second-order valence-electron chi connectivity index (χ2n) is 4.72. The lowest BCUT2D eigenvalue weighted by Crippen LogP contribution is -1.98. The van der Waals surface area contributed by atoms with Gasteiger partial charge in [0.2, 0.25) is 5.88 Å². The molecule has 4 heteroatoms. The van der Waals surface area contributed by atoms with Gasteiger partial charge in [-0.1, -0.05) is 29.8 Å². The van der Waals surface area contributed by atoms with E-state index in [2.05, 4.69) is 27.0 Å². The topological polar surface area (TPSA) is 48.1 Å². The van der Waals surface area contributed by atoms with Crippen molar-refractivity contribution in [2.45, 2.75) is 33.1 Å². The third-order valence-corrected chi connectivity index (χ3v) is 4.35. The van der Waals surface area contributed by atoms with Crippen molar-refractivity contribution in [1.29, 1.82) is 0 Å². The molecule has 1 aliphatic carbocycles. The fraction of sp³-hybridized carbons (Fsp3) is 0.353. The van der Waals surface area contributed by atoms with E-state index in [1.807, 2.05) is 26.0 Å². The Bertz CT molecular complexity index is 641. The third kappa shape index (κ3) is 3.05. The zero-order chi connectivity index (χ0) is 15.4. The van der Waals surface area contributed by atoms with E-state index in [9.17, 15) is 0 Å². The highest BCUT2D eigenvalue weighted by atomic mass is 79.9. The van der Waals surface area contributed by atoms with E-state index in [4.69, 9.17) is 10.5 Å². The van der Waals surface area contributed by atoms with Crippen molar-refractivity contribution >= 4 is 21.6 Å². The van der Waals surface area contributed by atoms with Crippen molar-refractivity contribution in [1.82, 2.24) is 4.98 Å². The molecule has 0 amide bonds. The standard InChI is InChI=1S/C15H15BrN2O.C2H6/c1-19-14-7-9(5-6-18-14)12-8-13(16)10-3-2-4-11(10)15(12)17;1-2/h5-8H,2-4,17H2,1H3;1-2H3. The SMILES string of the molecule is CC.COc1cc(-c2cc(Br)c3c(c2N)CCC3)ccn1. The Kier molecular flexibility index (Phi) is 5.23. The van der Waals surface area contributed by atoms with Gasteiger partial charge in [0, 0.05) is 28.0 Å². The van der Waals surface area contributed by atoms with Crippen LogP contribution in [-0.4, -0.2) is 12.1 Å². The molecule has 1 aromatic carbocycles. The van der Waals surface area contributed by atoms with E-state index in [1.54, 1.807) is 13.3 Å². The zero-order valence-corrected chi connectivity index (χ0v) is 14.3. The van der Waals surface area contributed by atoms with Crippen LogP contribution in [0.1, 0.15) is 31.4 Å². The summed E-state index contributed by atoms with van der Waals surface area (Å²) in [5.74, 6) is 0.605. The van der Waals surface area contributed by atoms with Gasteiger partial charge >= 0.3 is 0 Å². The van der Waals surface area contributed by atoms with Crippen LogP contribution in [0.3, 0.4) is 0 Å². The number of halogens is 1. The number of hydrogen-bond acceptors (Lipinski definition) is 3. The average Bonchev–Trinajstić information content (AvgIpc) is 3.03. The van der Waals surface area contributed by atoms with Crippen LogP contribution in [0, 0.1) is 0 Å². The summed E-state index contributed by atoms with van der Waals surface area (Å²) in [7, 11) is 1.62. The number of nitrogens with two attached hydrogens (primary N) is 1. The van der Waals surface area contributed by atoms with Crippen LogP contribution in [0.2, 0.25) is 0 Å². The van der Waals surface area contributed by atoms with E-state index in [0.717, 1.165) is 34.1 Å². The van der Waals surface area contributed by atoms with Crippen LogP contribution in [0.25, 0.3) is 11.1 Å². The zero-order valence-electron chi connectivity index (χ0n) is 12.7. The summed E-state index contributed by atoms with van der Waals surface area (Å²) in [6.45, 7) is 4.00. The average molecular weight is 349 g/mol. The molecule has 21 heavy (non-hydrogen) atoms. The fourth-order valence-corrected chi connectivity index (χ4v) is 3.35. The number of anilines is 1. The molecule has 112 valence electrons. The van der Waals surface area contributed by atoms with E-state index in [0.29, 0.717) is 5.88 Å². The Morgan fingerprint density at radius 3 is 2.62 bits per heavy atom. The summed E-state index contributed by atoms with van der Waals surface area (Å²) in [5, 5.41) is 0. The molecule has 1 aliphatic rings. The summed E-state index contributed by atoms with van der Waals surface area (Å²) >= 11 is 3.66. The molecule has 0 aliphatic heterocycles. The minimum atomic E-state index is 0.605. The molecule has 0 spiro atoms. The van der Waals surface area contributed by atoms with Crippen molar-refractivity contribution in [2.75, 3.05) is 12.8 Å². The molecule has 0 saturated carbocycles. The molecule has 0 fully saturated rings. The van der Waals surface area contributed by atoms with Gasteiger partial charge < -0.3 is 10.5 Å². The molecule has 3 rings (SSSR count). The Balaban J connectivity index is 0.000000774. The molecule has 0 radical (unpaired) electrons. The molecular weight excluding hydrogens is 328 g/mol. The molecule has 2 aromatic rings. The monoisotopic (exact) mass is 348 g/mol. The van der Waals surface area contributed by atoms with Crippen LogP contribution in [0.5, 0.6) is 5.88 Å². The predicted octanol–water partition coefficient (Wildman–Crippen LogP) is 4.62. The molecule has 3 nitrogen and oxygen atoms in total. The number of methoxy groups -OCH3 is 1. The molecule has 2 N–H and O–H groups in total. The van der Waals surface area contributed by atoms with Gasteiger partial charge in [0.1, 0.15) is 0 Å². The molecule has 1 heterocycles. The van der Waals surface area contributed by atoms with E-state index < -0.39 is 0 Å². The summed E-state index contributed by atoms with van der Waals surface area (Å²) in [4.78, 5) is 4.13. The van der Waals surface area contributed by atoms with Gasteiger partial charge in [0.05, 0.1) is 7.11 Å². The van der Waals surface area contributed by atoms with Gasteiger partial charge in [0.25, 0.3) is 0 Å². The first kappa shape index (κ1) is 15.8. The van der Waals surface area contributed by atoms with E-state index in [-0.39, 0.29) is 0 Å². The second kappa shape index (κ2) is 6.94. The lowest BCUT2D eigenvalue weighted by Gasteiger charge is -2.13. The Labute approximate surface area is 134 Å². The maximum atomic E-state index is 6.35. The van der Waals surface area contributed by atoms with Crippen LogP contribution < -0.4 is 10.5 Å². The van der Waals surface area contributed by atoms with E-state index in [1.165, 1.54) is 17.5 Å². The Hall–Kier alpha value is -1.55. The second-order valence-corrected chi connectivity index (χ2v) is 5.57. The number of hydrogen-bond donors (Lipinski definition) is 1. The number of rotatable bonds is 2. The van der Waals surface area contributed by atoms with Gasteiger partial charge in [-0.25, -0.2) is 4.98 Å². The van der Waals surface area contributed by atoms with Crippen LogP contribution >= 0.6 is 15.9 Å². The minimum absolute atomic E-state index is 0.605. The summed E-state index contributed by atoms with van der Waals surface area (Å²) in [6, 6.07) is 5.98. The molecule has 0 bridgehead atoms. The number of aromatic nitrogens is 1. The number of pyridine rings is 1. The van der Waals surface area contributed by atoms with Crippen LogP contribution in [0.15, 0.2) is 28.9 Å². The maximum Gasteiger partial charge on any atom is 0.213 e. The number of benzene rings is 1. The van der Waals surface area contributed by atoms with Crippen molar-refractivity contribution in [3.63, 3.8) is 0 Å². The molecule has 0 unspecified atom stereocenters. The number of nitrogen functional groups attached to an aromatic ring is 1. The van der Waals surface area contributed by atoms with Crippen molar-refractivity contribution < 1.29 is 4.74 Å². The number of ether oxygens (including phenoxy) is 1. The molecule has 1 aromatic heterocycles. The van der Waals surface area contributed by atoms with E-state index >= 15 is 0 Å². The van der Waals surface area contributed by atoms with Crippen molar-refractivity contribution in [3.05, 3.63) is 40.0 Å². The highest BCUT2D eigenvalue weighted by molar-refractivity contribution is 9.10. The summed E-state index contributed by atoms with van der Waals surface area (Å²) in [5.41, 5.74) is 12.0. The van der Waals surface area contributed by atoms with Crippen molar-refractivity contribution in [2.24, 2.45) is 0 Å². The normalized spacial score (nSPS) is 12.4. The number of nitrogens with zero attached hydrogens (tertiary/aromatic N) is 1. The van der Waals surface area contributed by atoms with Gasteiger partial charge in [-0.3, -0.25) is 0 Å². The molecule has 0 atom stereocenters. The minimum Gasteiger partial charge on any atom is -0.481 e. The molecule has 0 saturated heterocycles. The van der Waals surface area contributed by atoms with Crippen LogP contribution in [0.4, 0.5) is 5.69 Å². The first-order valence-corrected chi connectivity index (χ1v) is 8.10. The number of fused-ring (bicyclic) bond motifs is 1. The first-order chi connectivity index (χ1) is 10.2. The first-order valence-electron chi connectivity index (χ1n) is 7.31. The largest absolute Gasteiger partial charge is 0.481 e. The van der Waals surface area contributed by atoms with Gasteiger partial charge in [-0.15, -0.1) is 0 Å². The Morgan fingerprint density at radius 1 is 1.19 bits per heavy atom. The lowest BCUT2D eigenvalue weighted by atomic mass is 9.98. The summed E-state index contributed by atoms with van der Waals surface area (Å²) < 4.78 is 6.33. The summed E-state index contributed by atoms with van der Waals surface area (Å²) in [6.07, 6.45) is 5.10. The van der Waals surface area contributed by atoms with Crippen LogP contribution in [-0.2, 0) is 12.8 Å². The highest BCUT2D eigenvalue weighted by Crippen LogP contribution is 2.40. The fourth-order valence-electron chi connectivity index (χ4n) is 2.69. The van der Waals surface area contributed by atoms with Gasteiger partial charge in [0.15, 0.2) is 0 Å². The smallest absolute Gasteiger partial charge is 0.213 e. The van der Waals surface area contributed by atoms with Gasteiger partial charge in [-0.2, -0.15) is 0 Å².